The number of aromatic nitrogens is 2. The summed E-state index contributed by atoms with van der Waals surface area (Å²) in [6, 6.07) is 0. The fourth-order valence-corrected chi connectivity index (χ4v) is 3.76. The lowest BCUT2D eigenvalue weighted by Crippen LogP contribution is -2.07. The Balaban J connectivity index is 2.44. The number of benzene rings is 1. The van der Waals surface area contributed by atoms with Crippen molar-refractivity contribution < 1.29 is 9.85 Å². The van der Waals surface area contributed by atoms with Crippen molar-refractivity contribution in [1.82, 2.24) is 8.75 Å². The summed E-state index contributed by atoms with van der Waals surface area (Å²) in [7, 11) is 0. The molecule has 1 aliphatic carbocycles. The van der Waals surface area contributed by atoms with Gasteiger partial charge in [0.1, 0.15) is 11.0 Å². The third kappa shape index (κ3) is 2.04. The van der Waals surface area contributed by atoms with Crippen LogP contribution in [-0.2, 0) is 0 Å². The van der Waals surface area contributed by atoms with E-state index < -0.39 is 21.2 Å². The Labute approximate surface area is 123 Å². The van der Waals surface area contributed by atoms with E-state index in [1.165, 1.54) is 6.92 Å². The molecule has 0 amide bonds. The molecule has 0 unspecified atom stereocenters. The second-order valence-corrected chi connectivity index (χ2v) is 5.72. The molecule has 9 heteroatoms. The molecule has 110 valence electrons. The monoisotopic (exact) mass is 308 g/mol. The van der Waals surface area contributed by atoms with Crippen LogP contribution in [0.4, 0.5) is 11.4 Å². The minimum atomic E-state index is -0.676. The Bertz CT molecular complexity index is 751. The summed E-state index contributed by atoms with van der Waals surface area (Å²) < 4.78 is 8.27. The lowest BCUT2D eigenvalue weighted by atomic mass is 9.92. The summed E-state index contributed by atoms with van der Waals surface area (Å²) in [4.78, 5) is 21.5. The van der Waals surface area contributed by atoms with E-state index in [4.69, 9.17) is 0 Å². The average molecular weight is 308 g/mol. The Hall–Kier alpha value is -2.16. The van der Waals surface area contributed by atoms with Crippen molar-refractivity contribution in [3.05, 3.63) is 31.4 Å². The lowest BCUT2D eigenvalue weighted by Gasteiger charge is -2.12. The van der Waals surface area contributed by atoms with Crippen LogP contribution in [0.2, 0.25) is 0 Å². The van der Waals surface area contributed by atoms with Gasteiger partial charge >= 0.3 is 11.4 Å². The quantitative estimate of drug-likeness (QED) is 0.633. The Kier molecular flexibility index (Phi) is 3.28. The maximum atomic E-state index is 11.5. The van der Waals surface area contributed by atoms with Gasteiger partial charge in [-0.2, -0.15) is 8.75 Å². The number of nitrogens with zero attached hydrogens (tertiary/aromatic N) is 4. The first-order chi connectivity index (χ1) is 10.0. The van der Waals surface area contributed by atoms with Gasteiger partial charge in [-0.3, -0.25) is 20.2 Å². The fourth-order valence-electron chi connectivity index (χ4n) is 3.15. The van der Waals surface area contributed by atoms with E-state index in [2.05, 4.69) is 8.75 Å². The minimum absolute atomic E-state index is 0.0453. The first-order valence-electron chi connectivity index (χ1n) is 6.60. The molecule has 0 N–H and O–H groups in total. The van der Waals surface area contributed by atoms with Crippen LogP contribution in [0.25, 0.3) is 11.0 Å². The van der Waals surface area contributed by atoms with Crippen molar-refractivity contribution in [3.8, 4) is 0 Å². The number of fused-ring (bicyclic) bond motifs is 1. The van der Waals surface area contributed by atoms with Crippen LogP contribution in [0, 0.1) is 27.2 Å². The summed E-state index contributed by atoms with van der Waals surface area (Å²) in [5.41, 5.74) is 0.656. The van der Waals surface area contributed by atoms with Crippen molar-refractivity contribution in [1.29, 1.82) is 0 Å². The third-order valence-electron chi connectivity index (χ3n) is 4.06. The van der Waals surface area contributed by atoms with Crippen LogP contribution in [0.15, 0.2) is 0 Å². The summed E-state index contributed by atoms with van der Waals surface area (Å²) in [6.45, 7) is 1.49. The van der Waals surface area contributed by atoms with E-state index in [0.717, 1.165) is 37.4 Å². The molecule has 8 nitrogen and oxygen atoms in total. The van der Waals surface area contributed by atoms with Crippen LogP contribution < -0.4 is 0 Å². The summed E-state index contributed by atoms with van der Waals surface area (Å²) in [5, 5.41) is 22.8. The van der Waals surface area contributed by atoms with Gasteiger partial charge in [0.05, 0.1) is 32.7 Å². The van der Waals surface area contributed by atoms with Gasteiger partial charge in [0.25, 0.3) is 0 Å². The molecule has 1 aliphatic rings. The van der Waals surface area contributed by atoms with Crippen LogP contribution in [-0.4, -0.2) is 18.6 Å². The van der Waals surface area contributed by atoms with E-state index in [1.54, 1.807) is 0 Å². The second kappa shape index (κ2) is 4.99. The van der Waals surface area contributed by atoms with Crippen molar-refractivity contribution in [2.45, 2.75) is 38.5 Å². The third-order valence-corrected chi connectivity index (χ3v) is 4.59. The average Bonchev–Trinajstić information content (AvgIpc) is 3.08. The van der Waals surface area contributed by atoms with Gasteiger partial charge in [0.15, 0.2) is 0 Å². The van der Waals surface area contributed by atoms with Crippen LogP contribution in [0.5, 0.6) is 0 Å². The normalized spacial score (nSPS) is 15.7. The van der Waals surface area contributed by atoms with Gasteiger partial charge < -0.3 is 0 Å². The van der Waals surface area contributed by atoms with Gasteiger partial charge in [-0.05, 0) is 25.7 Å². The number of hydrogen-bond acceptors (Lipinski definition) is 7. The van der Waals surface area contributed by atoms with Gasteiger partial charge in [0, 0.05) is 0 Å². The van der Waals surface area contributed by atoms with Crippen molar-refractivity contribution in [2.75, 3.05) is 0 Å². The molecule has 1 aromatic carbocycles. The fraction of sp³-hybridized carbons (Fsp3) is 0.500. The van der Waals surface area contributed by atoms with E-state index in [1.807, 2.05) is 0 Å². The van der Waals surface area contributed by atoms with E-state index in [0.29, 0.717) is 16.6 Å². The maximum absolute atomic E-state index is 11.5. The Morgan fingerprint density at radius 1 is 1.05 bits per heavy atom. The number of rotatable bonds is 3. The molecule has 1 saturated carbocycles. The van der Waals surface area contributed by atoms with Crippen molar-refractivity contribution >= 4 is 34.1 Å². The zero-order valence-corrected chi connectivity index (χ0v) is 12.1. The Morgan fingerprint density at radius 2 is 1.62 bits per heavy atom. The highest BCUT2D eigenvalue weighted by molar-refractivity contribution is 7.00. The van der Waals surface area contributed by atoms with Gasteiger partial charge in [-0.15, -0.1) is 0 Å². The number of aryl methyl sites for hydroxylation is 1. The topological polar surface area (TPSA) is 112 Å². The van der Waals surface area contributed by atoms with Gasteiger partial charge in [-0.1, -0.05) is 12.8 Å². The number of hydrogen-bond donors (Lipinski definition) is 0. The van der Waals surface area contributed by atoms with Gasteiger partial charge in [-0.25, -0.2) is 0 Å². The Morgan fingerprint density at radius 3 is 2.19 bits per heavy atom. The zero-order valence-electron chi connectivity index (χ0n) is 11.2. The molecular weight excluding hydrogens is 296 g/mol. The molecule has 0 radical (unpaired) electrons. The predicted molar refractivity (Wildman–Crippen MR) is 76.7 cm³/mol. The largest absolute Gasteiger partial charge is 0.352 e. The zero-order chi connectivity index (χ0) is 15.1. The van der Waals surface area contributed by atoms with Crippen LogP contribution in [0.3, 0.4) is 0 Å². The number of nitro benzene ring substituents is 2. The highest BCUT2D eigenvalue weighted by atomic mass is 32.1. The van der Waals surface area contributed by atoms with Crippen molar-refractivity contribution in [2.24, 2.45) is 0 Å². The highest BCUT2D eigenvalue weighted by Crippen LogP contribution is 2.47. The summed E-state index contributed by atoms with van der Waals surface area (Å²) in [5.74, 6) is -0.0453. The van der Waals surface area contributed by atoms with E-state index in [-0.39, 0.29) is 11.5 Å². The molecule has 3 rings (SSSR count). The molecule has 0 atom stereocenters. The van der Waals surface area contributed by atoms with E-state index in [9.17, 15) is 20.2 Å². The first-order valence-corrected chi connectivity index (χ1v) is 7.33. The first kappa shape index (κ1) is 13.8. The highest BCUT2D eigenvalue weighted by Gasteiger charge is 2.39. The molecule has 1 heterocycles. The molecule has 2 aromatic rings. The molecular formula is C12H12N4O4S. The molecule has 1 fully saturated rings. The smallest absolute Gasteiger partial charge is 0.258 e. The van der Waals surface area contributed by atoms with Gasteiger partial charge in [0.2, 0.25) is 0 Å². The second-order valence-electron chi connectivity index (χ2n) is 5.19. The molecule has 0 spiro atoms. The molecule has 21 heavy (non-hydrogen) atoms. The van der Waals surface area contributed by atoms with Crippen LogP contribution >= 0.6 is 11.7 Å². The molecule has 0 saturated heterocycles. The molecule has 0 bridgehead atoms. The van der Waals surface area contributed by atoms with Crippen LogP contribution in [0.1, 0.15) is 42.7 Å². The number of nitro groups is 2. The van der Waals surface area contributed by atoms with Crippen molar-refractivity contribution in [3.63, 3.8) is 0 Å². The standard InChI is InChI=1S/C12H12N4O4S/c1-6-9-10(14-21-13-9)8(7-4-2-3-5-7)12(16(19)20)11(6)15(17)18/h7H,2-5H2,1H3. The lowest BCUT2D eigenvalue weighted by molar-refractivity contribution is -0.423. The molecule has 1 aromatic heterocycles. The maximum Gasteiger partial charge on any atom is 0.352 e. The predicted octanol–water partition coefficient (Wildman–Crippen LogP) is 3.47. The minimum Gasteiger partial charge on any atom is -0.258 e. The SMILES string of the molecule is Cc1c([N+](=O)[O-])c([N+](=O)[O-])c(C2CCCC2)c2nsnc12. The molecule has 0 aliphatic heterocycles. The summed E-state index contributed by atoms with van der Waals surface area (Å²) in [6.07, 6.45) is 3.55. The summed E-state index contributed by atoms with van der Waals surface area (Å²) >= 11 is 0.936. The van der Waals surface area contributed by atoms with E-state index >= 15 is 0 Å².